The van der Waals surface area contributed by atoms with Crippen molar-refractivity contribution >= 4 is 33.0 Å². The van der Waals surface area contributed by atoms with Crippen LogP contribution in [0.25, 0.3) is 11.3 Å². The number of rotatable bonds is 5. The van der Waals surface area contributed by atoms with Crippen LogP contribution in [-0.2, 0) is 0 Å². The summed E-state index contributed by atoms with van der Waals surface area (Å²) in [5.74, 6) is 0. The third-order valence-corrected chi connectivity index (χ3v) is 5.19. The molecule has 0 aliphatic heterocycles. The fraction of sp³-hybridized carbons (Fsp3) is 0.150. The zero-order valence-electron chi connectivity index (χ0n) is 14.7. The average Bonchev–Trinajstić information content (AvgIpc) is 3.03. The second-order valence-electron chi connectivity index (χ2n) is 5.90. The molecule has 6 heteroatoms. The Morgan fingerprint density at radius 2 is 2.04 bits per heavy atom. The minimum absolute atomic E-state index is 0.581. The summed E-state index contributed by atoms with van der Waals surface area (Å²) >= 11 is 5.21. The SMILES string of the molecule is C=C(C)CN=c1scc(-c2ccccc2Br)n1N=C(C)c1cccnc1. The van der Waals surface area contributed by atoms with Crippen molar-refractivity contribution in [3.8, 4) is 11.3 Å². The molecule has 0 unspecified atom stereocenters. The van der Waals surface area contributed by atoms with Crippen molar-refractivity contribution in [3.63, 3.8) is 0 Å². The number of halogens is 1. The van der Waals surface area contributed by atoms with E-state index in [0.29, 0.717) is 6.54 Å². The van der Waals surface area contributed by atoms with E-state index in [1.165, 1.54) is 0 Å². The zero-order chi connectivity index (χ0) is 18.5. The van der Waals surface area contributed by atoms with Crippen molar-refractivity contribution in [2.45, 2.75) is 13.8 Å². The molecule has 0 N–H and O–H groups in total. The van der Waals surface area contributed by atoms with Crippen molar-refractivity contribution in [2.75, 3.05) is 6.54 Å². The van der Waals surface area contributed by atoms with E-state index in [2.05, 4.69) is 43.9 Å². The van der Waals surface area contributed by atoms with E-state index in [1.54, 1.807) is 17.5 Å². The van der Waals surface area contributed by atoms with E-state index < -0.39 is 0 Å². The van der Waals surface area contributed by atoms with Crippen molar-refractivity contribution in [1.82, 2.24) is 9.66 Å². The Morgan fingerprint density at radius 3 is 2.73 bits per heavy atom. The predicted molar refractivity (Wildman–Crippen MR) is 113 cm³/mol. The molecule has 4 nitrogen and oxygen atoms in total. The Morgan fingerprint density at radius 1 is 1.23 bits per heavy atom. The van der Waals surface area contributed by atoms with Crippen molar-refractivity contribution in [1.29, 1.82) is 0 Å². The predicted octanol–water partition coefficient (Wildman–Crippen LogP) is 5.12. The zero-order valence-corrected chi connectivity index (χ0v) is 17.1. The van der Waals surface area contributed by atoms with Gasteiger partial charge in [0, 0.05) is 33.4 Å². The van der Waals surface area contributed by atoms with Crippen LogP contribution in [0, 0.1) is 0 Å². The number of benzene rings is 1. The van der Waals surface area contributed by atoms with E-state index in [-0.39, 0.29) is 0 Å². The molecule has 0 atom stereocenters. The van der Waals surface area contributed by atoms with Gasteiger partial charge in [-0.25, -0.2) is 4.68 Å². The van der Waals surface area contributed by atoms with Crippen LogP contribution in [0.2, 0.25) is 0 Å². The largest absolute Gasteiger partial charge is 0.264 e. The van der Waals surface area contributed by atoms with Gasteiger partial charge in [0.15, 0.2) is 0 Å². The van der Waals surface area contributed by atoms with Crippen LogP contribution in [0.1, 0.15) is 19.4 Å². The van der Waals surface area contributed by atoms with Gasteiger partial charge in [0.25, 0.3) is 0 Å². The number of hydrogen-bond acceptors (Lipinski definition) is 4. The normalized spacial score (nSPS) is 12.4. The molecular formula is C20H19BrN4S. The van der Waals surface area contributed by atoms with Crippen LogP contribution in [-0.4, -0.2) is 21.9 Å². The van der Waals surface area contributed by atoms with Crippen LogP contribution < -0.4 is 4.80 Å². The van der Waals surface area contributed by atoms with Crippen LogP contribution in [0.5, 0.6) is 0 Å². The maximum absolute atomic E-state index is 4.84. The highest BCUT2D eigenvalue weighted by Crippen LogP contribution is 2.28. The highest BCUT2D eigenvalue weighted by atomic mass is 79.9. The standard InChI is InChI=1S/C20H19BrN4S/c1-14(2)11-23-20-25(24-15(3)16-7-6-10-22-12-16)19(13-26-20)17-8-4-5-9-18(17)21/h4-10,12-13H,1,11H2,2-3H3. The lowest BCUT2D eigenvalue weighted by Gasteiger charge is -2.07. The van der Waals surface area contributed by atoms with Crippen LogP contribution >= 0.6 is 27.3 Å². The fourth-order valence-corrected chi connectivity index (χ4v) is 3.66. The first-order chi connectivity index (χ1) is 12.6. The molecule has 3 rings (SSSR count). The van der Waals surface area contributed by atoms with E-state index in [1.807, 2.05) is 55.1 Å². The van der Waals surface area contributed by atoms with Crippen molar-refractivity contribution in [2.24, 2.45) is 10.1 Å². The van der Waals surface area contributed by atoms with Gasteiger partial charge in [-0.05, 0) is 26.0 Å². The van der Waals surface area contributed by atoms with Gasteiger partial charge in [-0.1, -0.05) is 52.3 Å². The number of thiazole rings is 1. The topological polar surface area (TPSA) is 42.5 Å². The van der Waals surface area contributed by atoms with E-state index in [4.69, 9.17) is 5.10 Å². The summed E-state index contributed by atoms with van der Waals surface area (Å²) in [7, 11) is 0. The Kier molecular flexibility index (Phi) is 5.96. The molecule has 0 aliphatic rings. The Labute approximate surface area is 165 Å². The average molecular weight is 427 g/mol. The molecule has 0 saturated carbocycles. The highest BCUT2D eigenvalue weighted by molar-refractivity contribution is 9.10. The second-order valence-corrected chi connectivity index (χ2v) is 7.59. The van der Waals surface area contributed by atoms with Gasteiger partial charge >= 0.3 is 0 Å². The summed E-state index contributed by atoms with van der Waals surface area (Å²) < 4.78 is 2.92. The van der Waals surface area contributed by atoms with Crippen molar-refractivity contribution < 1.29 is 0 Å². The van der Waals surface area contributed by atoms with Gasteiger partial charge in [-0.15, -0.1) is 11.3 Å². The quantitative estimate of drug-likeness (QED) is 0.412. The molecule has 0 aliphatic carbocycles. The molecule has 3 aromatic rings. The van der Waals surface area contributed by atoms with Gasteiger partial charge in [-0.2, -0.15) is 5.10 Å². The Bertz CT molecular complexity index is 1020. The molecular weight excluding hydrogens is 408 g/mol. The third kappa shape index (κ3) is 4.26. The van der Waals surface area contributed by atoms with Gasteiger partial charge in [0.05, 0.1) is 18.0 Å². The first-order valence-corrected chi connectivity index (χ1v) is 9.80. The summed E-state index contributed by atoms with van der Waals surface area (Å²) in [5, 5.41) is 6.92. The minimum atomic E-state index is 0.581. The summed E-state index contributed by atoms with van der Waals surface area (Å²) in [5.41, 5.74) is 4.94. The maximum Gasteiger partial charge on any atom is 0.206 e. The first kappa shape index (κ1) is 18.5. The molecule has 0 bridgehead atoms. The molecule has 1 aromatic carbocycles. The van der Waals surface area contributed by atoms with Gasteiger partial charge in [0.2, 0.25) is 4.80 Å². The Hall–Kier alpha value is -2.31. The van der Waals surface area contributed by atoms with Gasteiger partial charge in [0.1, 0.15) is 0 Å². The molecule has 0 amide bonds. The molecule has 0 radical (unpaired) electrons. The van der Waals surface area contributed by atoms with Crippen molar-refractivity contribution in [3.05, 3.63) is 81.2 Å². The molecule has 0 spiro atoms. The number of nitrogens with zero attached hydrogens (tertiary/aromatic N) is 4. The minimum Gasteiger partial charge on any atom is -0.264 e. The van der Waals surface area contributed by atoms with E-state index >= 15 is 0 Å². The first-order valence-electron chi connectivity index (χ1n) is 8.12. The summed E-state index contributed by atoms with van der Waals surface area (Å²) in [6.07, 6.45) is 3.57. The molecule has 0 saturated heterocycles. The highest BCUT2D eigenvalue weighted by Gasteiger charge is 2.11. The number of aromatic nitrogens is 2. The molecule has 0 fully saturated rings. The van der Waals surface area contributed by atoms with E-state index in [9.17, 15) is 0 Å². The maximum atomic E-state index is 4.84. The fourth-order valence-electron chi connectivity index (χ4n) is 2.35. The van der Waals surface area contributed by atoms with Gasteiger partial charge in [-0.3, -0.25) is 9.98 Å². The van der Waals surface area contributed by atoms with Crippen LogP contribution in [0.3, 0.4) is 0 Å². The molecule has 2 aromatic heterocycles. The smallest absolute Gasteiger partial charge is 0.206 e. The molecule has 26 heavy (non-hydrogen) atoms. The molecule has 2 heterocycles. The lowest BCUT2D eigenvalue weighted by Crippen LogP contribution is -2.15. The lowest BCUT2D eigenvalue weighted by atomic mass is 10.2. The number of hydrogen-bond donors (Lipinski definition) is 0. The monoisotopic (exact) mass is 426 g/mol. The number of pyridine rings is 1. The summed E-state index contributed by atoms with van der Waals surface area (Å²) in [6, 6.07) is 12.0. The summed E-state index contributed by atoms with van der Waals surface area (Å²) in [4.78, 5) is 9.69. The summed E-state index contributed by atoms with van der Waals surface area (Å²) in [6.45, 7) is 8.47. The molecule has 132 valence electrons. The van der Waals surface area contributed by atoms with Crippen LogP contribution in [0.4, 0.5) is 0 Å². The van der Waals surface area contributed by atoms with Gasteiger partial charge < -0.3 is 0 Å². The third-order valence-electron chi connectivity index (χ3n) is 3.65. The second kappa shape index (κ2) is 8.38. The lowest BCUT2D eigenvalue weighted by molar-refractivity contribution is 0.830. The Balaban J connectivity index is 2.17. The van der Waals surface area contributed by atoms with E-state index in [0.717, 1.165) is 37.4 Å². The van der Waals surface area contributed by atoms with Crippen LogP contribution in [0.15, 0.2) is 80.9 Å².